The Labute approximate surface area is 50.3 Å². The Kier molecular flexibility index (Phi) is 0.884. The molecule has 46 valence electrons. The van der Waals surface area contributed by atoms with Gasteiger partial charge in [0.2, 0.25) is 0 Å². The van der Waals surface area contributed by atoms with E-state index in [-0.39, 0.29) is 0 Å². The fraction of sp³-hybridized carbons (Fsp3) is 1.00. The Morgan fingerprint density at radius 1 is 1.38 bits per heavy atom. The maximum absolute atomic E-state index is 5.64. The molecular formula is C7H13N. The van der Waals surface area contributed by atoms with E-state index in [9.17, 15) is 0 Å². The molecule has 8 heavy (non-hydrogen) atoms. The molecule has 0 aromatic carbocycles. The summed E-state index contributed by atoms with van der Waals surface area (Å²) in [5.74, 6) is 2.02. The van der Waals surface area contributed by atoms with Crippen LogP contribution in [0, 0.1) is 11.8 Å². The van der Waals surface area contributed by atoms with Crippen molar-refractivity contribution in [3.63, 3.8) is 0 Å². The van der Waals surface area contributed by atoms with Gasteiger partial charge in [-0.2, -0.15) is 0 Å². The molecule has 2 N–H and O–H groups in total. The minimum Gasteiger partial charge on any atom is -0.327 e. The highest BCUT2D eigenvalue weighted by Gasteiger charge is 2.37. The molecule has 1 nitrogen and oxygen atoms in total. The predicted octanol–water partition coefficient (Wildman–Crippen LogP) is 1.13. The third kappa shape index (κ3) is 0.873. The van der Waals surface area contributed by atoms with Crippen molar-refractivity contribution >= 4 is 0 Å². The third-order valence-electron chi connectivity index (χ3n) is 2.31. The van der Waals surface area contributed by atoms with Crippen molar-refractivity contribution in [2.24, 2.45) is 17.6 Å². The second-order valence-electron chi connectivity index (χ2n) is 3.34. The van der Waals surface area contributed by atoms with Crippen LogP contribution in [0.15, 0.2) is 0 Å². The largest absolute Gasteiger partial charge is 0.327 e. The summed E-state index contributed by atoms with van der Waals surface area (Å²) in [5.41, 5.74) is 5.64. The van der Waals surface area contributed by atoms with E-state index in [0.717, 1.165) is 11.8 Å². The van der Waals surface area contributed by atoms with Crippen LogP contribution >= 0.6 is 0 Å². The molecule has 2 rings (SSSR count). The Hall–Kier alpha value is -0.0400. The lowest BCUT2D eigenvalue weighted by Gasteiger charge is -1.89. The number of hydrogen-bond donors (Lipinski definition) is 1. The first-order chi connectivity index (χ1) is 3.86. The van der Waals surface area contributed by atoms with E-state index in [0.29, 0.717) is 6.04 Å². The van der Waals surface area contributed by atoms with Gasteiger partial charge < -0.3 is 5.73 Å². The summed E-state index contributed by atoms with van der Waals surface area (Å²) >= 11 is 0. The lowest BCUT2D eigenvalue weighted by Crippen LogP contribution is -2.01. The maximum Gasteiger partial charge on any atom is 0.00710 e. The molecule has 2 aliphatic carbocycles. The Morgan fingerprint density at radius 2 is 2.00 bits per heavy atom. The SMILES string of the molecule is NC1CC1CC1CC1. The molecule has 0 amide bonds. The lowest BCUT2D eigenvalue weighted by atomic mass is 10.2. The van der Waals surface area contributed by atoms with Crippen LogP contribution in [0.3, 0.4) is 0 Å². The van der Waals surface area contributed by atoms with Crippen LogP contribution < -0.4 is 5.73 Å². The molecule has 0 saturated heterocycles. The predicted molar refractivity (Wildman–Crippen MR) is 33.4 cm³/mol. The zero-order valence-corrected chi connectivity index (χ0v) is 5.14. The highest BCUT2D eigenvalue weighted by Crippen LogP contribution is 2.43. The second kappa shape index (κ2) is 1.47. The van der Waals surface area contributed by atoms with Crippen molar-refractivity contribution in [1.29, 1.82) is 0 Å². The highest BCUT2D eigenvalue weighted by molar-refractivity contribution is 4.93. The van der Waals surface area contributed by atoms with Crippen LogP contribution in [0.1, 0.15) is 25.7 Å². The average Bonchev–Trinajstić information content (AvgIpc) is 2.52. The molecule has 2 unspecified atom stereocenters. The molecule has 0 aliphatic heterocycles. The summed E-state index contributed by atoms with van der Waals surface area (Å²) in [6.45, 7) is 0. The smallest absolute Gasteiger partial charge is 0.00710 e. The molecule has 0 bridgehead atoms. The monoisotopic (exact) mass is 111 g/mol. The Bertz CT molecular complexity index is 96.6. The molecule has 0 spiro atoms. The molecule has 0 heterocycles. The summed E-state index contributed by atoms with van der Waals surface area (Å²) in [6, 6.07) is 0.593. The minimum absolute atomic E-state index is 0.593. The van der Waals surface area contributed by atoms with Crippen LogP contribution in [0.25, 0.3) is 0 Å². The Morgan fingerprint density at radius 3 is 2.38 bits per heavy atom. The summed E-state index contributed by atoms with van der Waals surface area (Å²) in [5, 5.41) is 0. The van der Waals surface area contributed by atoms with Gasteiger partial charge in [0.25, 0.3) is 0 Å². The first-order valence-electron chi connectivity index (χ1n) is 3.62. The van der Waals surface area contributed by atoms with Gasteiger partial charge in [0, 0.05) is 6.04 Å². The molecule has 0 radical (unpaired) electrons. The fourth-order valence-electron chi connectivity index (χ4n) is 1.32. The summed E-state index contributed by atoms with van der Waals surface area (Å²) in [6.07, 6.45) is 5.74. The van der Waals surface area contributed by atoms with E-state index in [4.69, 9.17) is 5.73 Å². The highest BCUT2D eigenvalue weighted by atomic mass is 14.7. The van der Waals surface area contributed by atoms with Gasteiger partial charge in [0.15, 0.2) is 0 Å². The van der Waals surface area contributed by atoms with Crippen LogP contribution in [0.2, 0.25) is 0 Å². The number of rotatable bonds is 2. The van der Waals surface area contributed by atoms with Gasteiger partial charge in [-0.1, -0.05) is 12.8 Å². The van der Waals surface area contributed by atoms with Gasteiger partial charge in [-0.3, -0.25) is 0 Å². The molecule has 2 saturated carbocycles. The van der Waals surface area contributed by atoms with Gasteiger partial charge >= 0.3 is 0 Å². The molecule has 0 aromatic rings. The summed E-state index contributed by atoms with van der Waals surface area (Å²) in [4.78, 5) is 0. The molecule has 2 aliphatic rings. The van der Waals surface area contributed by atoms with E-state index >= 15 is 0 Å². The molecule has 1 heteroatoms. The maximum atomic E-state index is 5.64. The van der Waals surface area contributed by atoms with Crippen LogP contribution in [0.4, 0.5) is 0 Å². The standard InChI is InChI=1S/C7H13N/c8-7-4-6(7)3-5-1-2-5/h5-7H,1-4,8H2. The zero-order valence-electron chi connectivity index (χ0n) is 5.14. The molecular weight excluding hydrogens is 98.1 g/mol. The fourth-order valence-corrected chi connectivity index (χ4v) is 1.32. The van der Waals surface area contributed by atoms with Crippen LogP contribution in [0.5, 0.6) is 0 Å². The van der Waals surface area contributed by atoms with E-state index < -0.39 is 0 Å². The topological polar surface area (TPSA) is 26.0 Å². The lowest BCUT2D eigenvalue weighted by molar-refractivity contribution is 0.634. The van der Waals surface area contributed by atoms with E-state index in [1.54, 1.807) is 0 Å². The second-order valence-corrected chi connectivity index (χ2v) is 3.34. The zero-order chi connectivity index (χ0) is 5.56. The van der Waals surface area contributed by atoms with Gasteiger partial charge in [0.05, 0.1) is 0 Å². The van der Waals surface area contributed by atoms with E-state index in [2.05, 4.69) is 0 Å². The van der Waals surface area contributed by atoms with E-state index in [1.807, 2.05) is 0 Å². The van der Waals surface area contributed by atoms with Gasteiger partial charge in [0.1, 0.15) is 0 Å². The van der Waals surface area contributed by atoms with Crippen LogP contribution in [-0.2, 0) is 0 Å². The molecule has 2 atom stereocenters. The van der Waals surface area contributed by atoms with Crippen molar-refractivity contribution < 1.29 is 0 Å². The molecule has 0 aromatic heterocycles. The quantitative estimate of drug-likeness (QED) is 0.568. The van der Waals surface area contributed by atoms with Crippen molar-refractivity contribution in [2.45, 2.75) is 31.7 Å². The van der Waals surface area contributed by atoms with E-state index in [1.165, 1.54) is 25.7 Å². The van der Waals surface area contributed by atoms with Gasteiger partial charge in [-0.05, 0) is 24.7 Å². The van der Waals surface area contributed by atoms with Crippen LogP contribution in [-0.4, -0.2) is 6.04 Å². The third-order valence-corrected chi connectivity index (χ3v) is 2.31. The van der Waals surface area contributed by atoms with Crippen molar-refractivity contribution in [3.05, 3.63) is 0 Å². The summed E-state index contributed by atoms with van der Waals surface area (Å²) in [7, 11) is 0. The Balaban J connectivity index is 1.69. The van der Waals surface area contributed by atoms with Crippen molar-refractivity contribution in [1.82, 2.24) is 0 Å². The summed E-state index contributed by atoms with van der Waals surface area (Å²) < 4.78 is 0. The van der Waals surface area contributed by atoms with Gasteiger partial charge in [-0.15, -0.1) is 0 Å². The van der Waals surface area contributed by atoms with Crippen molar-refractivity contribution in [3.8, 4) is 0 Å². The first kappa shape index (κ1) is 4.80. The number of hydrogen-bond acceptors (Lipinski definition) is 1. The number of nitrogens with two attached hydrogens (primary N) is 1. The normalized spacial score (nSPS) is 44.6. The van der Waals surface area contributed by atoms with Crippen molar-refractivity contribution in [2.75, 3.05) is 0 Å². The van der Waals surface area contributed by atoms with Gasteiger partial charge in [-0.25, -0.2) is 0 Å². The molecule has 2 fully saturated rings. The average molecular weight is 111 g/mol. The first-order valence-corrected chi connectivity index (χ1v) is 3.62. The minimum atomic E-state index is 0.593.